The molecule has 76 valence electrons. The molecule has 15 heavy (non-hydrogen) atoms. The quantitative estimate of drug-likeness (QED) is 0.704. The zero-order valence-electron chi connectivity index (χ0n) is 8.16. The Balaban J connectivity index is 2.47. The SMILES string of the molecule is Cc1cccc(C(=O)c2ccco2)c1F. The molecular formula is C12H9FO2. The number of ketones is 1. The first-order valence-electron chi connectivity index (χ1n) is 4.53. The van der Waals surface area contributed by atoms with Crippen LogP contribution in [0.25, 0.3) is 0 Å². The minimum atomic E-state index is -0.487. The molecule has 2 aromatic rings. The summed E-state index contributed by atoms with van der Waals surface area (Å²) in [6.07, 6.45) is 1.39. The lowest BCUT2D eigenvalue weighted by Gasteiger charge is -2.02. The van der Waals surface area contributed by atoms with Gasteiger partial charge in [-0.05, 0) is 30.7 Å². The van der Waals surface area contributed by atoms with E-state index in [1.165, 1.54) is 18.4 Å². The van der Waals surface area contributed by atoms with Gasteiger partial charge in [-0.3, -0.25) is 4.79 Å². The smallest absolute Gasteiger partial charge is 0.231 e. The first kappa shape index (κ1) is 9.65. The summed E-state index contributed by atoms with van der Waals surface area (Å²) in [5, 5.41) is 0. The third-order valence-electron chi connectivity index (χ3n) is 2.18. The van der Waals surface area contributed by atoms with Crippen LogP contribution >= 0.6 is 0 Å². The van der Waals surface area contributed by atoms with Crippen molar-refractivity contribution in [2.45, 2.75) is 6.92 Å². The van der Waals surface area contributed by atoms with Gasteiger partial charge in [-0.25, -0.2) is 4.39 Å². The Morgan fingerprint density at radius 2 is 2.07 bits per heavy atom. The molecule has 3 heteroatoms. The number of carbonyl (C=O) groups excluding carboxylic acids is 1. The van der Waals surface area contributed by atoms with E-state index < -0.39 is 11.6 Å². The highest BCUT2D eigenvalue weighted by Gasteiger charge is 2.16. The third kappa shape index (κ3) is 1.68. The second-order valence-electron chi connectivity index (χ2n) is 3.24. The van der Waals surface area contributed by atoms with Gasteiger partial charge in [0.25, 0.3) is 0 Å². The molecule has 0 aliphatic heterocycles. The second-order valence-corrected chi connectivity index (χ2v) is 3.24. The Kier molecular flexibility index (Phi) is 2.37. The number of furan rings is 1. The Morgan fingerprint density at radius 1 is 1.27 bits per heavy atom. The Morgan fingerprint density at radius 3 is 2.73 bits per heavy atom. The summed E-state index contributed by atoms with van der Waals surface area (Å²) < 4.78 is 18.5. The minimum Gasteiger partial charge on any atom is -0.461 e. The summed E-state index contributed by atoms with van der Waals surface area (Å²) in [5.41, 5.74) is 0.498. The summed E-state index contributed by atoms with van der Waals surface area (Å²) in [6.45, 7) is 1.62. The number of rotatable bonds is 2. The van der Waals surface area contributed by atoms with E-state index in [2.05, 4.69) is 0 Å². The van der Waals surface area contributed by atoms with Crippen molar-refractivity contribution in [3.05, 3.63) is 59.3 Å². The highest BCUT2D eigenvalue weighted by molar-refractivity contribution is 6.07. The molecule has 0 aliphatic rings. The van der Waals surface area contributed by atoms with Gasteiger partial charge >= 0.3 is 0 Å². The highest BCUT2D eigenvalue weighted by atomic mass is 19.1. The summed E-state index contributed by atoms with van der Waals surface area (Å²) in [7, 11) is 0. The molecule has 0 atom stereocenters. The third-order valence-corrected chi connectivity index (χ3v) is 2.18. The fraction of sp³-hybridized carbons (Fsp3) is 0.0833. The van der Waals surface area contributed by atoms with Crippen LogP contribution in [-0.2, 0) is 0 Å². The van der Waals surface area contributed by atoms with E-state index in [1.54, 1.807) is 25.1 Å². The van der Waals surface area contributed by atoms with Crippen molar-refractivity contribution in [3.63, 3.8) is 0 Å². The maximum atomic E-state index is 13.6. The average molecular weight is 204 g/mol. The van der Waals surface area contributed by atoms with Gasteiger partial charge in [0.1, 0.15) is 5.82 Å². The van der Waals surface area contributed by atoms with Gasteiger partial charge in [-0.15, -0.1) is 0 Å². The summed E-state index contributed by atoms with van der Waals surface area (Å²) >= 11 is 0. The van der Waals surface area contributed by atoms with Crippen molar-refractivity contribution in [2.75, 3.05) is 0 Å². The van der Waals surface area contributed by atoms with Crippen LogP contribution in [-0.4, -0.2) is 5.78 Å². The van der Waals surface area contributed by atoms with Gasteiger partial charge in [0.2, 0.25) is 5.78 Å². The van der Waals surface area contributed by atoms with Crippen molar-refractivity contribution in [2.24, 2.45) is 0 Å². The van der Waals surface area contributed by atoms with Crippen molar-refractivity contribution >= 4 is 5.78 Å². The summed E-state index contributed by atoms with van der Waals surface area (Å²) in [5.74, 6) is -0.764. The van der Waals surface area contributed by atoms with Crippen LogP contribution in [0.5, 0.6) is 0 Å². The molecule has 0 aliphatic carbocycles. The fourth-order valence-electron chi connectivity index (χ4n) is 1.36. The predicted octanol–water partition coefficient (Wildman–Crippen LogP) is 2.96. The Hall–Kier alpha value is -1.90. The van der Waals surface area contributed by atoms with E-state index in [9.17, 15) is 9.18 Å². The van der Waals surface area contributed by atoms with Crippen molar-refractivity contribution in [3.8, 4) is 0 Å². The minimum absolute atomic E-state index is 0.0463. The van der Waals surface area contributed by atoms with E-state index in [1.807, 2.05) is 0 Å². The summed E-state index contributed by atoms with van der Waals surface area (Å²) in [4.78, 5) is 11.7. The highest BCUT2D eigenvalue weighted by Crippen LogP contribution is 2.16. The molecule has 1 aromatic carbocycles. The molecule has 0 N–H and O–H groups in total. The van der Waals surface area contributed by atoms with Gasteiger partial charge in [-0.2, -0.15) is 0 Å². The Bertz CT molecular complexity index is 486. The van der Waals surface area contributed by atoms with Crippen LogP contribution in [0.4, 0.5) is 4.39 Å². The lowest BCUT2D eigenvalue weighted by molar-refractivity contribution is 0.100. The normalized spacial score (nSPS) is 10.3. The number of halogens is 1. The standard InChI is InChI=1S/C12H9FO2/c1-8-4-2-5-9(11(8)13)12(14)10-6-3-7-15-10/h2-7H,1H3. The second kappa shape index (κ2) is 3.69. The van der Waals surface area contributed by atoms with Crippen LogP contribution in [0.1, 0.15) is 21.7 Å². The number of carbonyl (C=O) groups is 1. The van der Waals surface area contributed by atoms with Gasteiger partial charge in [-0.1, -0.05) is 12.1 Å². The molecule has 0 radical (unpaired) electrons. The molecule has 0 saturated heterocycles. The molecule has 0 amide bonds. The van der Waals surface area contributed by atoms with E-state index >= 15 is 0 Å². The molecule has 2 nitrogen and oxygen atoms in total. The predicted molar refractivity (Wildman–Crippen MR) is 53.3 cm³/mol. The molecule has 1 aromatic heterocycles. The van der Waals surface area contributed by atoms with Gasteiger partial charge in [0, 0.05) is 0 Å². The average Bonchev–Trinajstić information content (AvgIpc) is 2.74. The zero-order valence-corrected chi connectivity index (χ0v) is 8.16. The van der Waals surface area contributed by atoms with Gasteiger partial charge in [0.05, 0.1) is 11.8 Å². The largest absolute Gasteiger partial charge is 0.461 e. The van der Waals surface area contributed by atoms with Crippen molar-refractivity contribution in [1.29, 1.82) is 0 Å². The topological polar surface area (TPSA) is 30.2 Å². The molecule has 0 spiro atoms. The monoisotopic (exact) mass is 204 g/mol. The van der Waals surface area contributed by atoms with Crippen LogP contribution in [0.2, 0.25) is 0 Å². The zero-order chi connectivity index (χ0) is 10.8. The molecule has 0 bridgehead atoms. The lowest BCUT2D eigenvalue weighted by Crippen LogP contribution is -2.04. The van der Waals surface area contributed by atoms with Crippen molar-refractivity contribution in [1.82, 2.24) is 0 Å². The van der Waals surface area contributed by atoms with E-state index in [-0.39, 0.29) is 11.3 Å². The lowest BCUT2D eigenvalue weighted by atomic mass is 10.1. The molecule has 1 heterocycles. The summed E-state index contributed by atoms with van der Waals surface area (Å²) in [6, 6.07) is 7.83. The molecule has 0 unspecified atom stereocenters. The van der Waals surface area contributed by atoms with Crippen LogP contribution in [0.3, 0.4) is 0 Å². The van der Waals surface area contributed by atoms with Crippen LogP contribution in [0.15, 0.2) is 41.0 Å². The number of hydrogen-bond donors (Lipinski definition) is 0. The number of hydrogen-bond acceptors (Lipinski definition) is 2. The van der Waals surface area contributed by atoms with E-state index in [4.69, 9.17) is 4.42 Å². The fourth-order valence-corrected chi connectivity index (χ4v) is 1.36. The van der Waals surface area contributed by atoms with Crippen LogP contribution in [0, 0.1) is 12.7 Å². The maximum Gasteiger partial charge on any atom is 0.231 e. The van der Waals surface area contributed by atoms with Crippen molar-refractivity contribution < 1.29 is 13.6 Å². The van der Waals surface area contributed by atoms with Crippen LogP contribution < -0.4 is 0 Å². The first-order valence-corrected chi connectivity index (χ1v) is 4.53. The molecular weight excluding hydrogens is 195 g/mol. The van der Waals surface area contributed by atoms with E-state index in [0.29, 0.717) is 5.56 Å². The Labute approximate surface area is 86.3 Å². The number of aryl methyl sites for hydroxylation is 1. The first-order chi connectivity index (χ1) is 7.20. The molecule has 2 rings (SSSR count). The van der Waals surface area contributed by atoms with Gasteiger partial charge < -0.3 is 4.42 Å². The van der Waals surface area contributed by atoms with Gasteiger partial charge in [0.15, 0.2) is 5.76 Å². The molecule has 0 saturated carbocycles. The van der Waals surface area contributed by atoms with E-state index in [0.717, 1.165) is 0 Å². The maximum absolute atomic E-state index is 13.6. The molecule has 0 fully saturated rings. The number of benzene rings is 1.